The quantitative estimate of drug-likeness (QED) is 0.748. The molecule has 0 radical (unpaired) electrons. The summed E-state index contributed by atoms with van der Waals surface area (Å²) in [5.74, 6) is 0.385. The van der Waals surface area contributed by atoms with E-state index in [1.165, 1.54) is 19.1 Å². The van der Waals surface area contributed by atoms with E-state index < -0.39 is 6.23 Å². The van der Waals surface area contributed by atoms with Crippen molar-refractivity contribution >= 4 is 11.9 Å². The normalized spacial score (nSPS) is 20.7. The van der Waals surface area contributed by atoms with Gasteiger partial charge in [-0.05, 0) is 12.1 Å². The van der Waals surface area contributed by atoms with Gasteiger partial charge in [0.05, 0.1) is 26.2 Å². The summed E-state index contributed by atoms with van der Waals surface area (Å²) in [7, 11) is 2.99. The first kappa shape index (κ1) is 11.8. The van der Waals surface area contributed by atoms with Crippen LogP contribution in [0.2, 0.25) is 0 Å². The SMILES string of the molecule is COc1ccc2c(c1OC)C(=O)N1CCC(=O)O[C@@H]21. The molecule has 1 atom stereocenters. The highest BCUT2D eigenvalue weighted by Crippen LogP contribution is 2.44. The van der Waals surface area contributed by atoms with E-state index in [-0.39, 0.29) is 18.3 Å². The minimum Gasteiger partial charge on any atom is -0.493 e. The molecule has 1 fully saturated rings. The van der Waals surface area contributed by atoms with Gasteiger partial charge in [-0.25, -0.2) is 0 Å². The van der Waals surface area contributed by atoms with Crippen molar-refractivity contribution in [2.45, 2.75) is 12.6 Å². The molecule has 0 aromatic heterocycles. The number of amides is 1. The molecule has 2 heterocycles. The molecule has 1 aromatic rings. The fourth-order valence-electron chi connectivity index (χ4n) is 2.53. The van der Waals surface area contributed by atoms with Gasteiger partial charge in [-0.3, -0.25) is 14.5 Å². The van der Waals surface area contributed by atoms with Crippen molar-refractivity contribution in [3.8, 4) is 11.5 Å². The Balaban J connectivity index is 2.15. The van der Waals surface area contributed by atoms with E-state index in [1.807, 2.05) is 0 Å². The topological polar surface area (TPSA) is 65.1 Å². The second-order valence-electron chi connectivity index (χ2n) is 4.36. The third-order valence-electron chi connectivity index (χ3n) is 3.40. The minimum atomic E-state index is -0.636. The number of rotatable bonds is 2. The molecule has 0 aliphatic carbocycles. The van der Waals surface area contributed by atoms with Gasteiger partial charge in [-0.2, -0.15) is 0 Å². The van der Waals surface area contributed by atoms with Gasteiger partial charge in [0, 0.05) is 12.1 Å². The molecule has 100 valence electrons. The largest absolute Gasteiger partial charge is 0.493 e. The van der Waals surface area contributed by atoms with Gasteiger partial charge in [0.1, 0.15) is 0 Å². The molecule has 0 unspecified atom stereocenters. The maximum Gasteiger partial charge on any atom is 0.309 e. The van der Waals surface area contributed by atoms with Crippen molar-refractivity contribution in [1.82, 2.24) is 4.90 Å². The monoisotopic (exact) mass is 263 g/mol. The lowest BCUT2D eigenvalue weighted by atomic mass is 10.1. The van der Waals surface area contributed by atoms with Crippen LogP contribution in [0, 0.1) is 0 Å². The second kappa shape index (κ2) is 4.15. The number of hydrogen-bond acceptors (Lipinski definition) is 5. The number of carbonyl (C=O) groups excluding carboxylic acids is 2. The first-order valence-corrected chi connectivity index (χ1v) is 5.92. The lowest BCUT2D eigenvalue weighted by molar-refractivity contribution is -0.164. The molecule has 6 nitrogen and oxygen atoms in total. The summed E-state index contributed by atoms with van der Waals surface area (Å²) < 4.78 is 15.7. The van der Waals surface area contributed by atoms with E-state index in [9.17, 15) is 9.59 Å². The van der Waals surface area contributed by atoms with Gasteiger partial charge >= 0.3 is 5.97 Å². The Kier molecular flexibility index (Phi) is 2.58. The Labute approximate surface area is 109 Å². The summed E-state index contributed by atoms with van der Waals surface area (Å²) in [4.78, 5) is 25.3. The van der Waals surface area contributed by atoms with Gasteiger partial charge in [0.15, 0.2) is 11.5 Å². The van der Waals surface area contributed by atoms with E-state index in [1.54, 1.807) is 12.1 Å². The number of benzene rings is 1. The van der Waals surface area contributed by atoms with Crippen molar-refractivity contribution in [2.24, 2.45) is 0 Å². The molecule has 0 N–H and O–H groups in total. The van der Waals surface area contributed by atoms with Crippen molar-refractivity contribution < 1.29 is 23.8 Å². The Bertz CT molecular complexity index is 568. The molecule has 1 aromatic carbocycles. The van der Waals surface area contributed by atoms with Gasteiger partial charge < -0.3 is 14.2 Å². The highest BCUT2D eigenvalue weighted by Gasteiger charge is 2.44. The number of ether oxygens (including phenoxy) is 3. The van der Waals surface area contributed by atoms with E-state index >= 15 is 0 Å². The first-order valence-electron chi connectivity index (χ1n) is 5.92. The number of carbonyl (C=O) groups is 2. The number of nitrogens with zero attached hydrogens (tertiary/aromatic N) is 1. The van der Waals surface area contributed by atoms with Crippen molar-refractivity contribution in [2.75, 3.05) is 20.8 Å². The number of hydrogen-bond donors (Lipinski definition) is 0. The standard InChI is InChI=1S/C13H13NO5/c1-17-8-4-3-7-10(11(8)18-2)12(16)14-6-5-9(15)19-13(7)14/h3-4,13H,5-6H2,1-2H3/t13-/m0/s1. The molecular weight excluding hydrogens is 250 g/mol. The number of methoxy groups -OCH3 is 2. The maximum atomic E-state index is 12.4. The van der Waals surface area contributed by atoms with Crippen LogP contribution < -0.4 is 9.47 Å². The van der Waals surface area contributed by atoms with Crippen LogP contribution in [0.15, 0.2) is 12.1 Å². The lowest BCUT2D eigenvalue weighted by Gasteiger charge is -2.29. The van der Waals surface area contributed by atoms with E-state index in [0.29, 0.717) is 29.2 Å². The molecule has 0 bridgehead atoms. The third kappa shape index (κ3) is 1.56. The molecule has 0 spiro atoms. The molecule has 6 heteroatoms. The molecule has 19 heavy (non-hydrogen) atoms. The smallest absolute Gasteiger partial charge is 0.309 e. The van der Waals surface area contributed by atoms with Crippen LogP contribution in [-0.2, 0) is 9.53 Å². The summed E-state index contributed by atoms with van der Waals surface area (Å²) in [6, 6.07) is 3.44. The van der Waals surface area contributed by atoms with E-state index in [2.05, 4.69) is 0 Å². The highest BCUT2D eigenvalue weighted by atomic mass is 16.6. The zero-order valence-electron chi connectivity index (χ0n) is 10.6. The summed E-state index contributed by atoms with van der Waals surface area (Å²) in [6.45, 7) is 0.364. The maximum absolute atomic E-state index is 12.4. The second-order valence-corrected chi connectivity index (χ2v) is 4.36. The number of esters is 1. The average molecular weight is 263 g/mol. The minimum absolute atomic E-state index is 0.191. The third-order valence-corrected chi connectivity index (χ3v) is 3.40. The molecular formula is C13H13NO5. The fraction of sp³-hybridized carbons (Fsp3) is 0.385. The summed E-state index contributed by atoms with van der Waals surface area (Å²) in [6.07, 6.45) is -0.418. The van der Waals surface area contributed by atoms with Crippen LogP contribution in [0.25, 0.3) is 0 Å². The number of fused-ring (bicyclic) bond motifs is 3. The van der Waals surface area contributed by atoms with Crippen molar-refractivity contribution in [3.05, 3.63) is 23.3 Å². The van der Waals surface area contributed by atoms with Crippen LogP contribution in [-0.4, -0.2) is 37.5 Å². The molecule has 1 saturated heterocycles. The van der Waals surface area contributed by atoms with Gasteiger partial charge in [0.2, 0.25) is 6.23 Å². The molecule has 1 amide bonds. The zero-order valence-corrected chi connectivity index (χ0v) is 10.6. The van der Waals surface area contributed by atoms with Gasteiger partial charge in [-0.15, -0.1) is 0 Å². The Morgan fingerprint density at radius 1 is 1.26 bits per heavy atom. The van der Waals surface area contributed by atoms with Crippen LogP contribution in [0.5, 0.6) is 11.5 Å². The molecule has 2 aliphatic heterocycles. The van der Waals surface area contributed by atoms with Crippen molar-refractivity contribution in [1.29, 1.82) is 0 Å². The van der Waals surface area contributed by atoms with Gasteiger partial charge in [-0.1, -0.05) is 0 Å². The Morgan fingerprint density at radius 3 is 2.74 bits per heavy atom. The molecule has 2 aliphatic rings. The summed E-state index contributed by atoms with van der Waals surface area (Å²) in [5, 5.41) is 0. The molecule has 3 rings (SSSR count). The Hall–Kier alpha value is -2.24. The van der Waals surface area contributed by atoms with Crippen LogP contribution in [0.1, 0.15) is 28.6 Å². The van der Waals surface area contributed by atoms with E-state index in [4.69, 9.17) is 14.2 Å². The van der Waals surface area contributed by atoms with E-state index in [0.717, 1.165) is 0 Å². The molecule has 0 saturated carbocycles. The zero-order chi connectivity index (χ0) is 13.6. The Morgan fingerprint density at radius 2 is 2.05 bits per heavy atom. The predicted molar refractivity (Wildman–Crippen MR) is 64.0 cm³/mol. The first-order chi connectivity index (χ1) is 9.17. The predicted octanol–water partition coefficient (Wildman–Crippen LogP) is 1.11. The fourth-order valence-corrected chi connectivity index (χ4v) is 2.53. The van der Waals surface area contributed by atoms with Crippen LogP contribution in [0.4, 0.5) is 0 Å². The van der Waals surface area contributed by atoms with Gasteiger partial charge in [0.25, 0.3) is 5.91 Å². The van der Waals surface area contributed by atoms with Crippen molar-refractivity contribution in [3.63, 3.8) is 0 Å². The summed E-state index contributed by atoms with van der Waals surface area (Å²) >= 11 is 0. The summed E-state index contributed by atoms with van der Waals surface area (Å²) in [5.41, 5.74) is 1.07. The lowest BCUT2D eigenvalue weighted by Crippen LogP contribution is -2.37. The van der Waals surface area contributed by atoms with Crippen LogP contribution in [0.3, 0.4) is 0 Å². The average Bonchev–Trinajstić information content (AvgIpc) is 2.71. The highest BCUT2D eigenvalue weighted by molar-refractivity contribution is 6.03. The van der Waals surface area contributed by atoms with Crippen LogP contribution >= 0.6 is 0 Å².